The van der Waals surface area contributed by atoms with Gasteiger partial charge in [-0.15, -0.1) is 0 Å². The van der Waals surface area contributed by atoms with Crippen molar-refractivity contribution in [3.05, 3.63) is 57.5 Å². The molecule has 0 atom stereocenters. The summed E-state index contributed by atoms with van der Waals surface area (Å²) < 4.78 is 6.73. The van der Waals surface area contributed by atoms with Gasteiger partial charge in [-0.2, -0.15) is 0 Å². The van der Waals surface area contributed by atoms with Gasteiger partial charge in [0.1, 0.15) is 11.3 Å². The molecule has 33 heavy (non-hydrogen) atoms. The zero-order valence-corrected chi connectivity index (χ0v) is 19.2. The van der Waals surface area contributed by atoms with Crippen molar-refractivity contribution in [3.8, 4) is 5.75 Å². The zero-order chi connectivity index (χ0) is 23.8. The van der Waals surface area contributed by atoms with Gasteiger partial charge in [-0.3, -0.25) is 19.2 Å². The van der Waals surface area contributed by atoms with Gasteiger partial charge >= 0.3 is 5.97 Å². The first-order valence-corrected chi connectivity index (χ1v) is 11.4. The number of ether oxygens (including phenoxy) is 1. The highest BCUT2D eigenvalue weighted by atomic mass is 16.5. The molecule has 0 spiro atoms. The molecule has 176 valence electrons. The van der Waals surface area contributed by atoms with Crippen LogP contribution in [0.15, 0.2) is 35.1 Å². The number of nitrogens with one attached hydrogen (secondary N) is 2. The smallest absolute Gasteiger partial charge is 0.308 e. The molecule has 0 aliphatic heterocycles. The Bertz CT molecular complexity index is 1070. The number of aromatic nitrogens is 1. The number of rotatable bonds is 7. The molecule has 8 nitrogen and oxygen atoms in total. The van der Waals surface area contributed by atoms with Gasteiger partial charge < -0.3 is 19.9 Å². The van der Waals surface area contributed by atoms with Gasteiger partial charge in [-0.1, -0.05) is 12.8 Å². The molecular formula is C25H31N3O5. The predicted molar refractivity (Wildman–Crippen MR) is 126 cm³/mol. The van der Waals surface area contributed by atoms with Crippen molar-refractivity contribution in [3.63, 3.8) is 0 Å². The molecule has 1 aromatic heterocycles. The lowest BCUT2D eigenvalue weighted by atomic mass is 9.95. The minimum absolute atomic E-state index is 0.106. The van der Waals surface area contributed by atoms with Crippen LogP contribution in [-0.2, 0) is 29.0 Å². The monoisotopic (exact) mass is 453 g/mol. The Morgan fingerprint density at radius 3 is 2.36 bits per heavy atom. The Hall–Kier alpha value is -3.42. The van der Waals surface area contributed by atoms with E-state index in [9.17, 15) is 19.2 Å². The lowest BCUT2D eigenvalue weighted by Gasteiger charge is -2.21. The van der Waals surface area contributed by atoms with Crippen LogP contribution >= 0.6 is 0 Å². The van der Waals surface area contributed by atoms with E-state index in [4.69, 9.17) is 4.74 Å². The summed E-state index contributed by atoms with van der Waals surface area (Å²) in [6.45, 7) is 3.70. The van der Waals surface area contributed by atoms with Crippen LogP contribution in [-0.4, -0.2) is 28.9 Å². The van der Waals surface area contributed by atoms with Crippen LogP contribution in [0.5, 0.6) is 5.75 Å². The van der Waals surface area contributed by atoms with Crippen molar-refractivity contribution >= 4 is 23.5 Å². The standard InChI is InChI=1S/C25H31N3O5/c1-17(29)26-14-7-15-28-23-9-6-4-3-5-8-19(23)16-22(25(28)32)24(31)27-20-10-12-21(13-11-20)33-18(2)30/h10-13,16H,3-9,14-15H2,1-2H3,(H,26,29)(H,27,31). The highest BCUT2D eigenvalue weighted by molar-refractivity contribution is 6.04. The molecule has 1 aliphatic carbocycles. The Kier molecular flexibility index (Phi) is 8.40. The van der Waals surface area contributed by atoms with Crippen LogP contribution in [0, 0.1) is 0 Å². The fourth-order valence-electron chi connectivity index (χ4n) is 4.11. The molecule has 0 radical (unpaired) electrons. The van der Waals surface area contributed by atoms with Crippen molar-refractivity contribution in [2.45, 2.75) is 65.3 Å². The quantitative estimate of drug-likeness (QED) is 0.380. The summed E-state index contributed by atoms with van der Waals surface area (Å²) in [5.41, 5.74) is 2.34. The molecule has 0 fully saturated rings. The summed E-state index contributed by atoms with van der Waals surface area (Å²) in [6.07, 6.45) is 6.55. The molecule has 0 unspecified atom stereocenters. The molecule has 8 heteroatoms. The van der Waals surface area contributed by atoms with E-state index in [1.165, 1.54) is 13.8 Å². The first-order chi connectivity index (χ1) is 15.8. The largest absolute Gasteiger partial charge is 0.427 e. The number of esters is 1. The summed E-state index contributed by atoms with van der Waals surface area (Å²) in [5, 5.41) is 5.53. The molecule has 2 N–H and O–H groups in total. The van der Waals surface area contributed by atoms with Gasteiger partial charge in [0.05, 0.1) is 0 Å². The van der Waals surface area contributed by atoms with Crippen molar-refractivity contribution < 1.29 is 19.1 Å². The first-order valence-electron chi connectivity index (χ1n) is 11.4. The minimum atomic E-state index is -0.472. The number of fused-ring (bicyclic) bond motifs is 1. The number of anilines is 1. The second-order valence-corrected chi connectivity index (χ2v) is 8.31. The third-order valence-corrected chi connectivity index (χ3v) is 5.65. The van der Waals surface area contributed by atoms with Crippen LogP contribution < -0.4 is 20.9 Å². The Labute approximate surface area is 193 Å². The fourth-order valence-corrected chi connectivity index (χ4v) is 4.11. The van der Waals surface area contributed by atoms with Gasteiger partial charge in [0, 0.05) is 38.3 Å². The summed E-state index contributed by atoms with van der Waals surface area (Å²) >= 11 is 0. The van der Waals surface area contributed by atoms with Gasteiger partial charge in [0.15, 0.2) is 0 Å². The number of amides is 2. The summed E-state index contributed by atoms with van der Waals surface area (Å²) in [5.74, 6) is -0.624. The van der Waals surface area contributed by atoms with E-state index in [-0.39, 0.29) is 17.0 Å². The topological polar surface area (TPSA) is 106 Å². The molecular weight excluding hydrogens is 422 g/mol. The van der Waals surface area contributed by atoms with Gasteiger partial charge in [0.2, 0.25) is 5.91 Å². The van der Waals surface area contributed by atoms with E-state index in [1.807, 2.05) is 0 Å². The number of hydrogen-bond acceptors (Lipinski definition) is 5. The third-order valence-electron chi connectivity index (χ3n) is 5.65. The third kappa shape index (κ3) is 6.78. The number of hydrogen-bond donors (Lipinski definition) is 2. The molecule has 1 aliphatic rings. The van der Waals surface area contributed by atoms with E-state index in [1.54, 1.807) is 34.9 Å². The second kappa shape index (κ2) is 11.4. The zero-order valence-electron chi connectivity index (χ0n) is 19.2. The number of benzene rings is 1. The highest BCUT2D eigenvalue weighted by Gasteiger charge is 2.20. The number of aryl methyl sites for hydroxylation is 1. The average molecular weight is 454 g/mol. The van der Waals surface area contributed by atoms with Gasteiger partial charge in [-0.25, -0.2) is 0 Å². The van der Waals surface area contributed by atoms with Gasteiger partial charge in [0.25, 0.3) is 11.5 Å². The SMILES string of the molecule is CC(=O)NCCCn1c2c(cc(C(=O)Nc3ccc(OC(C)=O)cc3)c1=O)CCCCCC2. The minimum Gasteiger partial charge on any atom is -0.427 e. The van der Waals surface area contributed by atoms with Crippen molar-refractivity contribution in [1.82, 2.24) is 9.88 Å². The van der Waals surface area contributed by atoms with Crippen molar-refractivity contribution in [1.29, 1.82) is 0 Å². The number of nitrogens with zero attached hydrogens (tertiary/aromatic N) is 1. The molecule has 2 amide bonds. The van der Waals surface area contributed by atoms with Crippen molar-refractivity contribution in [2.24, 2.45) is 0 Å². The normalized spacial score (nSPS) is 13.3. The van der Waals surface area contributed by atoms with Crippen LogP contribution in [0.2, 0.25) is 0 Å². The fraction of sp³-hybridized carbons (Fsp3) is 0.440. The maximum Gasteiger partial charge on any atom is 0.308 e. The van der Waals surface area contributed by atoms with Crippen molar-refractivity contribution in [2.75, 3.05) is 11.9 Å². The molecule has 1 heterocycles. The van der Waals surface area contributed by atoms with Crippen LogP contribution in [0.1, 0.15) is 67.6 Å². The Morgan fingerprint density at radius 2 is 1.70 bits per heavy atom. The predicted octanol–water partition coefficient (Wildman–Crippen LogP) is 3.21. The molecule has 0 saturated carbocycles. The van der Waals surface area contributed by atoms with Crippen LogP contribution in [0.3, 0.4) is 0 Å². The number of carbonyl (C=O) groups is 3. The van der Waals surface area contributed by atoms with Gasteiger partial charge in [-0.05, 0) is 68.0 Å². The number of pyridine rings is 1. The van der Waals surface area contributed by atoms with E-state index >= 15 is 0 Å². The molecule has 0 saturated heterocycles. The molecule has 3 rings (SSSR count). The Balaban J connectivity index is 1.86. The maximum absolute atomic E-state index is 13.3. The average Bonchev–Trinajstić information content (AvgIpc) is 2.74. The van der Waals surface area contributed by atoms with E-state index in [0.29, 0.717) is 30.9 Å². The highest BCUT2D eigenvalue weighted by Crippen LogP contribution is 2.21. The van der Waals surface area contributed by atoms with E-state index in [0.717, 1.165) is 49.8 Å². The van der Waals surface area contributed by atoms with E-state index < -0.39 is 11.9 Å². The lowest BCUT2D eigenvalue weighted by molar-refractivity contribution is -0.131. The molecule has 2 aromatic rings. The lowest BCUT2D eigenvalue weighted by Crippen LogP contribution is -2.34. The number of carbonyl (C=O) groups excluding carboxylic acids is 3. The van der Waals surface area contributed by atoms with Crippen LogP contribution in [0.4, 0.5) is 5.69 Å². The van der Waals surface area contributed by atoms with Crippen LogP contribution in [0.25, 0.3) is 0 Å². The summed E-state index contributed by atoms with van der Waals surface area (Å²) in [4.78, 5) is 48.6. The summed E-state index contributed by atoms with van der Waals surface area (Å²) in [7, 11) is 0. The second-order valence-electron chi connectivity index (χ2n) is 8.31. The summed E-state index contributed by atoms with van der Waals surface area (Å²) in [6, 6.07) is 8.15. The van der Waals surface area contributed by atoms with E-state index in [2.05, 4.69) is 10.6 Å². The Morgan fingerprint density at radius 1 is 1.00 bits per heavy atom. The molecule has 1 aromatic carbocycles. The first kappa shape index (κ1) is 24.2. The maximum atomic E-state index is 13.3. The molecule has 0 bridgehead atoms.